The minimum atomic E-state index is -0.207. The molecule has 0 spiro atoms. The fourth-order valence-electron chi connectivity index (χ4n) is 1.03. The quantitative estimate of drug-likeness (QED) is 0.395. The van der Waals surface area contributed by atoms with Gasteiger partial charge in [0.1, 0.15) is 0 Å². The summed E-state index contributed by atoms with van der Waals surface area (Å²) in [5, 5.41) is 0. The maximum atomic E-state index is 2.49. The average molecular weight is 416 g/mol. The van der Waals surface area contributed by atoms with Gasteiger partial charge in [-0.2, -0.15) is 0 Å². The van der Waals surface area contributed by atoms with Gasteiger partial charge >= 0.3 is 91.0 Å². The van der Waals surface area contributed by atoms with E-state index in [-0.39, 0.29) is 48.0 Å². The molecule has 68 valence electrons. The van der Waals surface area contributed by atoms with Gasteiger partial charge < -0.3 is 24.8 Å². The topological polar surface area (TPSA) is 0 Å². The van der Waals surface area contributed by atoms with E-state index in [1.807, 2.05) is 2.01 Å². The summed E-state index contributed by atoms with van der Waals surface area (Å²) in [6.07, 6.45) is 10.6. The van der Waals surface area contributed by atoms with Gasteiger partial charge in [0.05, 0.1) is 0 Å². The molecule has 0 aromatic rings. The first-order valence-electron chi connectivity index (χ1n) is 3.58. The molecule has 0 radical (unpaired) electrons. The third kappa shape index (κ3) is 4.81. The molecule has 13 heavy (non-hydrogen) atoms. The number of hydrogen-bond acceptors (Lipinski definition) is 0. The summed E-state index contributed by atoms with van der Waals surface area (Å²) in [5.41, 5.74) is 0. The SMILES string of the molecule is C1=CC[C]([Zr+2][C]2=[As][AsH]C=C2)=C1.[Cl-].[Cl-]. The van der Waals surface area contributed by atoms with Crippen LogP contribution in [0.25, 0.3) is 0 Å². The molecule has 5 heteroatoms. The van der Waals surface area contributed by atoms with Gasteiger partial charge in [0.2, 0.25) is 0 Å². The largest absolute Gasteiger partial charge is 1.00 e. The molecule has 0 fully saturated rings. The van der Waals surface area contributed by atoms with E-state index < -0.39 is 0 Å². The van der Waals surface area contributed by atoms with Crippen LogP contribution in [0.15, 0.2) is 32.4 Å². The van der Waals surface area contributed by atoms with Gasteiger partial charge in [-0.05, 0) is 0 Å². The van der Waals surface area contributed by atoms with Crippen LogP contribution in [0.5, 0.6) is 0 Å². The van der Waals surface area contributed by atoms with Crippen LogP contribution < -0.4 is 24.8 Å². The van der Waals surface area contributed by atoms with E-state index in [1.165, 1.54) is 6.42 Å². The number of rotatable bonds is 2. The van der Waals surface area contributed by atoms with Gasteiger partial charge in [0.15, 0.2) is 0 Å². The van der Waals surface area contributed by atoms with Crippen LogP contribution in [0.1, 0.15) is 6.42 Å². The van der Waals surface area contributed by atoms with Crippen molar-refractivity contribution in [2.75, 3.05) is 0 Å². The summed E-state index contributed by atoms with van der Waals surface area (Å²) in [4.78, 5) is 2.49. The van der Waals surface area contributed by atoms with Crippen molar-refractivity contribution in [1.82, 2.24) is 0 Å². The van der Waals surface area contributed by atoms with Crippen LogP contribution in [0, 0.1) is 0 Å². The third-order valence-electron chi connectivity index (χ3n) is 1.56. The molecule has 1 atom stereocenters. The van der Waals surface area contributed by atoms with Crippen molar-refractivity contribution in [2.24, 2.45) is 0 Å². The third-order valence-corrected chi connectivity index (χ3v) is 20.5. The second kappa shape index (κ2) is 7.90. The molecular weight excluding hydrogens is 408 g/mol. The molecule has 0 saturated heterocycles. The first-order valence-corrected chi connectivity index (χ1v) is 14.0. The summed E-state index contributed by atoms with van der Waals surface area (Å²) in [7, 11) is 0. The molecule has 1 heterocycles. The number of halogens is 2. The molecule has 0 bridgehead atoms. The Morgan fingerprint density at radius 1 is 1.38 bits per heavy atom. The fourth-order valence-corrected chi connectivity index (χ4v) is 20.5. The van der Waals surface area contributed by atoms with Crippen LogP contribution in [0.3, 0.4) is 0 Å². The van der Waals surface area contributed by atoms with Crippen LogP contribution in [-0.4, -0.2) is 28.9 Å². The van der Waals surface area contributed by atoms with Crippen molar-refractivity contribution in [1.29, 1.82) is 0 Å². The van der Waals surface area contributed by atoms with Crippen LogP contribution >= 0.6 is 0 Å². The predicted molar refractivity (Wildman–Crippen MR) is 48.9 cm³/mol. The van der Waals surface area contributed by atoms with E-state index in [2.05, 4.69) is 29.2 Å². The zero-order valence-electron chi connectivity index (χ0n) is 6.80. The molecular formula is C8H8As2Cl2Zr. The first kappa shape index (κ1) is 14.7. The van der Waals surface area contributed by atoms with Crippen LogP contribution in [0.4, 0.5) is 0 Å². The smallest absolute Gasteiger partial charge is 1.00 e. The molecule has 1 unspecified atom stereocenters. The van der Waals surface area contributed by atoms with Gasteiger partial charge in [0.25, 0.3) is 0 Å². The number of allylic oxidation sites excluding steroid dienone is 5. The Balaban J connectivity index is 0.000000720. The van der Waals surface area contributed by atoms with Crippen LogP contribution in [0.2, 0.25) is 0 Å². The van der Waals surface area contributed by atoms with E-state index in [9.17, 15) is 0 Å². The summed E-state index contributed by atoms with van der Waals surface area (Å²) in [6, 6.07) is 0. The minimum absolute atomic E-state index is 0. The molecule has 2 rings (SSSR count). The standard InChI is InChI=1S/C5H5.C3H3As2.2ClH.Zr/c2*1-2-4-5-3-1;;;/h1-3H,4H2;1-2,4H;2*1H;/q;;;;+2/p-2. The van der Waals surface area contributed by atoms with E-state index >= 15 is 0 Å². The summed E-state index contributed by atoms with van der Waals surface area (Å²) in [5.74, 6) is 0. The molecule has 1 aliphatic heterocycles. The van der Waals surface area contributed by atoms with Gasteiger partial charge in [-0.25, -0.2) is 0 Å². The second-order valence-electron chi connectivity index (χ2n) is 2.41. The van der Waals surface area contributed by atoms with Crippen molar-refractivity contribution >= 4 is 28.9 Å². The zero-order valence-corrected chi connectivity index (χ0v) is 14.7. The summed E-state index contributed by atoms with van der Waals surface area (Å²) >= 11 is 0.956. The van der Waals surface area contributed by atoms with Gasteiger partial charge in [0, 0.05) is 0 Å². The van der Waals surface area contributed by atoms with Crippen molar-refractivity contribution in [3.8, 4) is 0 Å². The van der Waals surface area contributed by atoms with Gasteiger partial charge in [-0.15, -0.1) is 0 Å². The average Bonchev–Trinajstić information content (AvgIpc) is 2.60. The minimum Gasteiger partial charge on any atom is -1.00 e. The Morgan fingerprint density at radius 2 is 2.23 bits per heavy atom. The molecule has 0 amide bonds. The van der Waals surface area contributed by atoms with Crippen LogP contribution in [-0.2, 0) is 23.2 Å². The molecule has 0 aromatic carbocycles. The Hall–Kier alpha value is 1.67. The Kier molecular flexibility index (Phi) is 8.91. The second-order valence-corrected chi connectivity index (χ2v) is 16.1. The summed E-state index contributed by atoms with van der Waals surface area (Å²) in [6.45, 7) is 0. The monoisotopic (exact) mass is 414 g/mol. The Morgan fingerprint density at radius 3 is 2.77 bits per heavy atom. The van der Waals surface area contributed by atoms with E-state index in [1.54, 1.807) is 3.28 Å². The molecule has 0 N–H and O–H groups in total. The normalized spacial score (nSPS) is 20.0. The van der Waals surface area contributed by atoms with Crippen molar-refractivity contribution in [3.63, 3.8) is 0 Å². The maximum Gasteiger partial charge on any atom is -1.00 e. The molecule has 0 nitrogen and oxygen atoms in total. The van der Waals surface area contributed by atoms with Crippen molar-refractivity contribution in [3.05, 3.63) is 32.4 Å². The van der Waals surface area contributed by atoms with Crippen molar-refractivity contribution in [2.45, 2.75) is 6.42 Å². The predicted octanol–water partition coefficient (Wildman–Crippen LogP) is -5.37. The molecule has 1 aliphatic carbocycles. The first-order chi connectivity index (χ1) is 5.45. The van der Waals surface area contributed by atoms with Gasteiger partial charge in [-0.3, -0.25) is 0 Å². The van der Waals surface area contributed by atoms with Gasteiger partial charge in [-0.1, -0.05) is 0 Å². The maximum absolute atomic E-state index is 2.49. The van der Waals surface area contributed by atoms with E-state index in [0.29, 0.717) is 13.7 Å². The van der Waals surface area contributed by atoms with E-state index in [0.717, 1.165) is 13.2 Å². The van der Waals surface area contributed by atoms with E-state index in [4.69, 9.17) is 0 Å². The zero-order chi connectivity index (χ0) is 7.52. The number of hydrogen-bond donors (Lipinski definition) is 0. The Labute approximate surface area is 114 Å². The van der Waals surface area contributed by atoms with Crippen molar-refractivity contribution < 1.29 is 48.0 Å². The molecule has 2 aliphatic rings. The Bertz CT molecular complexity index is 282. The fraction of sp³-hybridized carbons (Fsp3) is 0.125. The molecule has 0 aromatic heterocycles. The summed E-state index contributed by atoms with van der Waals surface area (Å²) < 4.78 is 3.72. The molecule has 0 saturated carbocycles.